The number of halogens is 1. The van der Waals surface area contributed by atoms with Crippen molar-refractivity contribution in [2.75, 3.05) is 0 Å². The summed E-state index contributed by atoms with van der Waals surface area (Å²) in [6.07, 6.45) is 5.15. The van der Waals surface area contributed by atoms with Gasteiger partial charge < -0.3 is 0 Å². The van der Waals surface area contributed by atoms with Gasteiger partial charge in [-0.05, 0) is 20.3 Å². The Morgan fingerprint density at radius 1 is 1.24 bits per heavy atom. The lowest BCUT2D eigenvalue weighted by molar-refractivity contribution is 0.849. The summed E-state index contributed by atoms with van der Waals surface area (Å²) in [4.78, 5) is 12.7. The maximum Gasteiger partial charge on any atom is 0.146 e. The zero-order chi connectivity index (χ0) is 12.4. The van der Waals surface area contributed by atoms with Crippen LogP contribution in [0.1, 0.15) is 30.3 Å². The summed E-state index contributed by atoms with van der Waals surface area (Å²) < 4.78 is 1.97. The van der Waals surface area contributed by atoms with Gasteiger partial charge in [-0.25, -0.2) is 15.0 Å². The van der Waals surface area contributed by atoms with E-state index in [0.29, 0.717) is 5.15 Å². The largest absolute Gasteiger partial charge is 0.287 e. The number of aromatic nitrogens is 4. The van der Waals surface area contributed by atoms with Crippen LogP contribution in [0.25, 0.3) is 5.82 Å². The van der Waals surface area contributed by atoms with Crippen LogP contribution in [-0.4, -0.2) is 19.5 Å². The van der Waals surface area contributed by atoms with Gasteiger partial charge >= 0.3 is 0 Å². The molecule has 2 aromatic rings. The van der Waals surface area contributed by atoms with E-state index in [2.05, 4.69) is 21.9 Å². The number of imidazole rings is 1. The van der Waals surface area contributed by atoms with Crippen LogP contribution in [0, 0.1) is 13.8 Å². The molecule has 2 rings (SSSR count). The lowest BCUT2D eigenvalue weighted by atomic mass is 10.2. The Kier molecular flexibility index (Phi) is 3.43. The average molecular weight is 251 g/mol. The second-order valence-electron chi connectivity index (χ2n) is 4.00. The number of aryl methyl sites for hydroxylation is 1. The van der Waals surface area contributed by atoms with E-state index in [0.717, 1.165) is 35.6 Å². The summed E-state index contributed by atoms with van der Waals surface area (Å²) in [6.45, 7) is 6.11. The van der Waals surface area contributed by atoms with E-state index in [4.69, 9.17) is 11.6 Å². The summed E-state index contributed by atoms with van der Waals surface area (Å²) in [7, 11) is 0. The minimum atomic E-state index is 0.530. The van der Waals surface area contributed by atoms with Gasteiger partial charge in [-0.2, -0.15) is 0 Å². The van der Waals surface area contributed by atoms with E-state index >= 15 is 0 Å². The molecule has 0 aromatic carbocycles. The Balaban J connectivity index is 2.59. The van der Waals surface area contributed by atoms with Crippen LogP contribution in [0.4, 0.5) is 0 Å². The van der Waals surface area contributed by atoms with Gasteiger partial charge in [0, 0.05) is 11.3 Å². The first-order chi connectivity index (χ1) is 8.15. The number of hydrogen-bond acceptors (Lipinski definition) is 3. The first kappa shape index (κ1) is 12.0. The standard InChI is InChI=1S/C12H15ClN4/c1-4-5-10-11(13)14-6-15-12(10)17-7-16-8(2)9(17)3/h6-7H,4-5H2,1-3H3. The van der Waals surface area contributed by atoms with Crippen LogP contribution in [-0.2, 0) is 6.42 Å². The van der Waals surface area contributed by atoms with E-state index in [1.807, 2.05) is 18.4 Å². The lowest BCUT2D eigenvalue weighted by Crippen LogP contribution is -2.05. The predicted octanol–water partition coefficient (Wildman–Crippen LogP) is 2.89. The molecule has 2 heterocycles. The fraction of sp³-hybridized carbons (Fsp3) is 0.417. The fourth-order valence-corrected chi connectivity index (χ4v) is 1.99. The Labute approximate surface area is 106 Å². The zero-order valence-corrected chi connectivity index (χ0v) is 11.0. The molecular formula is C12H15ClN4. The van der Waals surface area contributed by atoms with Gasteiger partial charge in [-0.3, -0.25) is 4.57 Å². The summed E-state index contributed by atoms with van der Waals surface area (Å²) in [6, 6.07) is 0. The van der Waals surface area contributed by atoms with Crippen LogP contribution in [0.2, 0.25) is 5.15 Å². The molecule has 17 heavy (non-hydrogen) atoms. The van der Waals surface area contributed by atoms with Crippen molar-refractivity contribution in [3.05, 3.63) is 34.8 Å². The highest BCUT2D eigenvalue weighted by molar-refractivity contribution is 6.30. The molecule has 0 N–H and O–H groups in total. The summed E-state index contributed by atoms with van der Waals surface area (Å²) in [5.74, 6) is 0.838. The maximum absolute atomic E-state index is 6.13. The zero-order valence-electron chi connectivity index (χ0n) is 10.2. The quantitative estimate of drug-likeness (QED) is 0.787. The minimum absolute atomic E-state index is 0.530. The molecule has 5 heteroatoms. The second-order valence-corrected chi connectivity index (χ2v) is 4.36. The average Bonchev–Trinajstić information content (AvgIpc) is 2.63. The molecule has 0 atom stereocenters. The van der Waals surface area contributed by atoms with Crippen molar-refractivity contribution in [1.82, 2.24) is 19.5 Å². The molecule has 0 amide bonds. The van der Waals surface area contributed by atoms with Crippen LogP contribution in [0.15, 0.2) is 12.7 Å². The lowest BCUT2D eigenvalue weighted by Gasteiger charge is -2.10. The van der Waals surface area contributed by atoms with Crippen LogP contribution in [0.5, 0.6) is 0 Å². The molecule has 0 saturated carbocycles. The Morgan fingerprint density at radius 2 is 2.00 bits per heavy atom. The Hall–Kier alpha value is -1.42. The molecule has 0 spiro atoms. The Morgan fingerprint density at radius 3 is 2.59 bits per heavy atom. The molecular weight excluding hydrogens is 236 g/mol. The van der Waals surface area contributed by atoms with E-state index in [-0.39, 0.29) is 0 Å². The van der Waals surface area contributed by atoms with Gasteiger partial charge in [-0.15, -0.1) is 0 Å². The first-order valence-corrected chi connectivity index (χ1v) is 6.03. The van der Waals surface area contributed by atoms with Gasteiger partial charge in [0.1, 0.15) is 23.6 Å². The van der Waals surface area contributed by atoms with E-state index in [1.165, 1.54) is 6.33 Å². The molecule has 0 unspecified atom stereocenters. The van der Waals surface area contributed by atoms with Crippen molar-refractivity contribution in [2.24, 2.45) is 0 Å². The number of rotatable bonds is 3. The molecule has 0 aliphatic rings. The molecule has 0 bridgehead atoms. The number of nitrogens with zero attached hydrogens (tertiary/aromatic N) is 4. The van der Waals surface area contributed by atoms with Gasteiger partial charge in [0.2, 0.25) is 0 Å². The smallest absolute Gasteiger partial charge is 0.146 e. The fourth-order valence-electron chi connectivity index (χ4n) is 1.77. The van der Waals surface area contributed by atoms with Crippen molar-refractivity contribution in [3.63, 3.8) is 0 Å². The maximum atomic E-state index is 6.13. The van der Waals surface area contributed by atoms with Crippen LogP contribution >= 0.6 is 11.6 Å². The summed E-state index contributed by atoms with van der Waals surface area (Å²) >= 11 is 6.13. The van der Waals surface area contributed by atoms with Crippen molar-refractivity contribution in [3.8, 4) is 5.82 Å². The minimum Gasteiger partial charge on any atom is -0.287 e. The van der Waals surface area contributed by atoms with Crippen LogP contribution in [0.3, 0.4) is 0 Å². The van der Waals surface area contributed by atoms with Gasteiger partial charge in [0.15, 0.2) is 0 Å². The first-order valence-electron chi connectivity index (χ1n) is 5.65. The van der Waals surface area contributed by atoms with Crippen LogP contribution < -0.4 is 0 Å². The topological polar surface area (TPSA) is 43.6 Å². The van der Waals surface area contributed by atoms with E-state index in [9.17, 15) is 0 Å². The van der Waals surface area contributed by atoms with Crippen molar-refractivity contribution in [1.29, 1.82) is 0 Å². The third-order valence-corrected chi connectivity index (χ3v) is 3.18. The monoisotopic (exact) mass is 250 g/mol. The molecule has 0 fully saturated rings. The Bertz CT molecular complexity index is 533. The van der Waals surface area contributed by atoms with Crippen molar-refractivity contribution in [2.45, 2.75) is 33.6 Å². The third-order valence-electron chi connectivity index (χ3n) is 2.85. The normalized spacial score (nSPS) is 10.8. The summed E-state index contributed by atoms with van der Waals surface area (Å²) in [5, 5.41) is 0.530. The van der Waals surface area contributed by atoms with E-state index in [1.54, 1.807) is 6.33 Å². The molecule has 0 aliphatic heterocycles. The van der Waals surface area contributed by atoms with Gasteiger partial charge in [0.25, 0.3) is 0 Å². The van der Waals surface area contributed by atoms with Crippen molar-refractivity contribution < 1.29 is 0 Å². The summed E-state index contributed by atoms with van der Waals surface area (Å²) in [5.41, 5.74) is 3.07. The molecule has 4 nitrogen and oxygen atoms in total. The molecule has 0 aliphatic carbocycles. The second kappa shape index (κ2) is 4.84. The number of hydrogen-bond donors (Lipinski definition) is 0. The predicted molar refractivity (Wildman–Crippen MR) is 67.6 cm³/mol. The van der Waals surface area contributed by atoms with Gasteiger partial charge in [-0.1, -0.05) is 24.9 Å². The molecule has 0 saturated heterocycles. The van der Waals surface area contributed by atoms with E-state index < -0.39 is 0 Å². The molecule has 0 radical (unpaired) electrons. The van der Waals surface area contributed by atoms with Crippen molar-refractivity contribution >= 4 is 11.6 Å². The SMILES string of the molecule is CCCc1c(Cl)ncnc1-n1cnc(C)c1C. The highest BCUT2D eigenvalue weighted by Gasteiger charge is 2.13. The third kappa shape index (κ3) is 2.17. The molecule has 2 aromatic heterocycles. The highest BCUT2D eigenvalue weighted by Crippen LogP contribution is 2.22. The molecule has 90 valence electrons. The van der Waals surface area contributed by atoms with Gasteiger partial charge in [0.05, 0.1) is 5.69 Å². The highest BCUT2D eigenvalue weighted by atomic mass is 35.5.